The molecule has 3 aliphatic heterocycles. The van der Waals surface area contributed by atoms with Crippen LogP contribution in [0.15, 0.2) is 188 Å². The summed E-state index contributed by atoms with van der Waals surface area (Å²) in [7, 11) is 0. The molecule has 6 aliphatic rings. The topological polar surface area (TPSA) is 6.48 Å². The minimum Gasteiger partial charge on any atom is -0.376 e. The Bertz CT molecular complexity index is 3700. The van der Waals surface area contributed by atoms with Crippen LogP contribution in [0, 0.1) is 0 Å². The lowest BCUT2D eigenvalue weighted by molar-refractivity contribution is 0.332. The largest absolute Gasteiger partial charge is 0.376 e. The number of fused-ring (bicyclic) bond motifs is 18. The van der Waals surface area contributed by atoms with Crippen molar-refractivity contribution in [3.05, 3.63) is 233 Å². The molecule has 0 saturated carbocycles. The van der Waals surface area contributed by atoms with Gasteiger partial charge in [0.25, 0.3) is 0 Å². The standard InChI is InChI=1S/C66H53BN2/c1-63(2)35-36-64(3,4)54-39-42(31-33-51(54)63)69-57-34-32-46-45-23-10-13-24-48(45)65(5,6)60(46)59(57)47-37-41(40-19-8-7-9-20-40)38-58-61(47)67(69)55-29-18-28-53-62(55)68(58)56-30-17-16-27-52(56)66(53)49-25-14-11-21-43(49)44-22-12-15-26-50(44)66/h7-34,37-39H,35-36H2,1-6H3. The quantitative estimate of drug-likeness (QED) is 0.160. The van der Waals surface area contributed by atoms with Crippen LogP contribution in [0.5, 0.6) is 0 Å². The van der Waals surface area contributed by atoms with Crippen molar-refractivity contribution in [2.45, 2.75) is 76.0 Å². The molecule has 3 heterocycles. The third-order valence-corrected chi connectivity index (χ3v) is 17.9. The van der Waals surface area contributed by atoms with Crippen LogP contribution in [0.25, 0.3) is 44.5 Å². The number of hydrogen-bond acceptors (Lipinski definition) is 2. The number of benzene rings is 9. The van der Waals surface area contributed by atoms with Crippen molar-refractivity contribution in [3.63, 3.8) is 0 Å². The van der Waals surface area contributed by atoms with E-state index in [0.717, 1.165) is 6.42 Å². The van der Waals surface area contributed by atoms with Crippen molar-refractivity contribution in [1.82, 2.24) is 0 Å². The number of anilines is 5. The van der Waals surface area contributed by atoms with Crippen molar-refractivity contribution in [2.24, 2.45) is 0 Å². The molecule has 0 radical (unpaired) electrons. The number of para-hydroxylation sites is 2. The minimum atomic E-state index is -0.515. The Morgan fingerprint density at radius 2 is 1.01 bits per heavy atom. The zero-order valence-corrected chi connectivity index (χ0v) is 40.3. The van der Waals surface area contributed by atoms with E-state index in [1.165, 1.54) is 135 Å². The fourth-order valence-electron chi connectivity index (χ4n) is 14.7. The van der Waals surface area contributed by atoms with Gasteiger partial charge in [-0.2, -0.15) is 0 Å². The van der Waals surface area contributed by atoms with Crippen LogP contribution in [0.2, 0.25) is 0 Å². The summed E-state index contributed by atoms with van der Waals surface area (Å²) in [6.45, 7) is 14.7. The highest BCUT2D eigenvalue weighted by Gasteiger charge is 2.56. The Balaban J connectivity index is 1.11. The third kappa shape index (κ3) is 4.84. The molecule has 0 unspecified atom stereocenters. The van der Waals surface area contributed by atoms with E-state index in [1.54, 1.807) is 0 Å². The first-order valence-corrected chi connectivity index (χ1v) is 25.2. The van der Waals surface area contributed by atoms with E-state index < -0.39 is 5.41 Å². The second-order valence-electron chi connectivity index (χ2n) is 22.6. The molecule has 0 fully saturated rings. The van der Waals surface area contributed by atoms with Gasteiger partial charge in [0.15, 0.2) is 0 Å². The molecule has 3 heteroatoms. The predicted octanol–water partition coefficient (Wildman–Crippen LogP) is 15.4. The van der Waals surface area contributed by atoms with Gasteiger partial charge in [0, 0.05) is 33.7 Å². The fraction of sp³-hybridized carbons (Fsp3) is 0.182. The lowest BCUT2D eigenvalue weighted by Gasteiger charge is -2.52. The van der Waals surface area contributed by atoms with E-state index >= 15 is 0 Å². The molecule has 9 aromatic carbocycles. The maximum absolute atomic E-state index is 2.79. The smallest absolute Gasteiger partial charge is 0.333 e. The maximum atomic E-state index is 2.79. The van der Waals surface area contributed by atoms with Crippen LogP contribution < -0.4 is 20.6 Å². The van der Waals surface area contributed by atoms with Gasteiger partial charge >= 0.3 is 6.85 Å². The monoisotopic (exact) mass is 884 g/mol. The summed E-state index contributed by atoms with van der Waals surface area (Å²) >= 11 is 0. The van der Waals surface area contributed by atoms with Gasteiger partial charge in [-0.3, -0.25) is 0 Å². The molecule has 0 saturated heterocycles. The van der Waals surface area contributed by atoms with Crippen LogP contribution in [0.4, 0.5) is 28.4 Å². The molecule has 0 atom stereocenters. The molecule has 3 aliphatic carbocycles. The van der Waals surface area contributed by atoms with Crippen molar-refractivity contribution >= 4 is 46.2 Å². The van der Waals surface area contributed by atoms with E-state index in [2.05, 4.69) is 239 Å². The summed E-state index contributed by atoms with van der Waals surface area (Å²) in [6.07, 6.45) is 2.35. The van der Waals surface area contributed by atoms with Crippen LogP contribution in [0.1, 0.15) is 98.9 Å². The zero-order chi connectivity index (χ0) is 46.3. The average molecular weight is 885 g/mol. The zero-order valence-electron chi connectivity index (χ0n) is 40.3. The first kappa shape index (κ1) is 39.6. The van der Waals surface area contributed by atoms with E-state index in [-0.39, 0.29) is 23.1 Å². The van der Waals surface area contributed by atoms with Gasteiger partial charge < -0.3 is 9.71 Å². The molecule has 0 aromatic heterocycles. The summed E-state index contributed by atoms with van der Waals surface area (Å²) in [6, 6.07) is 73.0. The maximum Gasteiger partial charge on any atom is 0.333 e. The number of hydrogen-bond donors (Lipinski definition) is 0. The van der Waals surface area contributed by atoms with Gasteiger partial charge in [-0.15, -0.1) is 0 Å². The van der Waals surface area contributed by atoms with Crippen molar-refractivity contribution in [1.29, 1.82) is 0 Å². The molecule has 9 aromatic rings. The molecule has 330 valence electrons. The lowest BCUT2D eigenvalue weighted by Crippen LogP contribution is -2.63. The highest BCUT2D eigenvalue weighted by atomic mass is 15.2. The van der Waals surface area contributed by atoms with E-state index in [1.807, 2.05) is 0 Å². The van der Waals surface area contributed by atoms with Gasteiger partial charge in [0.05, 0.1) is 11.1 Å². The lowest BCUT2D eigenvalue weighted by atomic mass is 9.42. The molecule has 1 spiro atoms. The highest BCUT2D eigenvalue weighted by molar-refractivity contribution is 6.93. The SMILES string of the molecule is CC1(C)CCC(C)(C)c2cc(N3B4c5cccc6c5N(c5ccccc5C65c6ccccc6-c6ccccc65)c5cc(-c6ccccc6)cc(c54)-c4c3ccc3c4C(C)(C)c4ccccc4-3)ccc21. The fourth-order valence-corrected chi connectivity index (χ4v) is 14.7. The Labute approximate surface area is 407 Å². The third-order valence-electron chi connectivity index (χ3n) is 17.9. The van der Waals surface area contributed by atoms with Crippen molar-refractivity contribution in [3.8, 4) is 44.5 Å². The van der Waals surface area contributed by atoms with Crippen LogP contribution in [0.3, 0.4) is 0 Å². The molecule has 0 amide bonds. The van der Waals surface area contributed by atoms with Gasteiger partial charge in [0.2, 0.25) is 0 Å². The summed E-state index contributed by atoms with van der Waals surface area (Å²) < 4.78 is 0. The van der Waals surface area contributed by atoms with Crippen molar-refractivity contribution < 1.29 is 0 Å². The summed E-state index contributed by atoms with van der Waals surface area (Å²) in [4.78, 5) is 5.48. The molecule has 2 nitrogen and oxygen atoms in total. The number of rotatable bonds is 2. The van der Waals surface area contributed by atoms with E-state index in [9.17, 15) is 0 Å². The first-order valence-electron chi connectivity index (χ1n) is 25.2. The Kier molecular flexibility index (Phi) is 7.60. The molecular weight excluding hydrogens is 832 g/mol. The van der Waals surface area contributed by atoms with Crippen LogP contribution >= 0.6 is 0 Å². The summed E-state index contributed by atoms with van der Waals surface area (Å²) in [5.74, 6) is 0. The molecule has 15 rings (SSSR count). The second-order valence-corrected chi connectivity index (χ2v) is 22.6. The Morgan fingerprint density at radius 1 is 0.406 bits per heavy atom. The summed E-state index contributed by atoms with van der Waals surface area (Å²) in [5, 5.41) is 0. The molecule has 0 N–H and O–H groups in total. The highest BCUT2D eigenvalue weighted by Crippen LogP contribution is 2.65. The van der Waals surface area contributed by atoms with Gasteiger partial charge in [-0.05, 0) is 154 Å². The normalized spacial score (nSPS) is 17.7. The van der Waals surface area contributed by atoms with Gasteiger partial charge in [0.1, 0.15) is 0 Å². The van der Waals surface area contributed by atoms with E-state index in [4.69, 9.17) is 0 Å². The van der Waals surface area contributed by atoms with Crippen molar-refractivity contribution in [2.75, 3.05) is 9.71 Å². The van der Waals surface area contributed by atoms with Crippen LogP contribution in [-0.4, -0.2) is 6.85 Å². The minimum absolute atomic E-state index is 0.0450. The molecule has 0 bridgehead atoms. The van der Waals surface area contributed by atoms with Gasteiger partial charge in [-0.1, -0.05) is 193 Å². The summed E-state index contributed by atoms with van der Waals surface area (Å²) in [5.41, 5.74) is 30.2. The first-order chi connectivity index (χ1) is 33.5. The van der Waals surface area contributed by atoms with E-state index in [0.29, 0.717) is 0 Å². The van der Waals surface area contributed by atoms with Gasteiger partial charge in [-0.25, -0.2) is 0 Å². The molecular formula is C66H53BN2. The average Bonchev–Trinajstić information content (AvgIpc) is 3.80. The van der Waals surface area contributed by atoms with Crippen LogP contribution in [-0.2, 0) is 21.7 Å². The number of nitrogens with zero attached hydrogens (tertiary/aromatic N) is 2. The second kappa shape index (κ2) is 13.2. The predicted molar refractivity (Wildman–Crippen MR) is 289 cm³/mol. The Morgan fingerprint density at radius 3 is 1.74 bits per heavy atom. The Hall–Kier alpha value is -7.36. The molecule has 69 heavy (non-hydrogen) atoms.